The average molecular weight is 510 g/mol. The van der Waals surface area contributed by atoms with Crippen molar-refractivity contribution in [2.75, 3.05) is 5.32 Å². The van der Waals surface area contributed by atoms with E-state index in [0.29, 0.717) is 11.3 Å². The van der Waals surface area contributed by atoms with Gasteiger partial charge in [0, 0.05) is 41.3 Å². The van der Waals surface area contributed by atoms with Crippen LogP contribution in [0.1, 0.15) is 61.5 Å². The maximum atomic E-state index is 12.2. The van der Waals surface area contributed by atoms with Gasteiger partial charge in [0.25, 0.3) is 5.91 Å². The van der Waals surface area contributed by atoms with Gasteiger partial charge in [-0.1, -0.05) is 13.8 Å². The van der Waals surface area contributed by atoms with Crippen LogP contribution in [-0.4, -0.2) is 47.9 Å². The van der Waals surface area contributed by atoms with E-state index in [1.165, 1.54) is 0 Å². The summed E-state index contributed by atoms with van der Waals surface area (Å²) in [5, 5.41) is 20.4. The smallest absolute Gasteiger partial charge is 0.250 e. The van der Waals surface area contributed by atoms with E-state index in [9.17, 15) is 9.90 Å². The summed E-state index contributed by atoms with van der Waals surface area (Å²) < 4.78 is 1.84. The van der Waals surface area contributed by atoms with Crippen LogP contribution in [0.4, 0.5) is 5.69 Å². The molecule has 5 aromatic rings. The molecule has 1 aliphatic rings. The van der Waals surface area contributed by atoms with Crippen molar-refractivity contribution in [1.29, 1.82) is 0 Å². The Kier molecular flexibility index (Phi) is 6.07. The van der Waals surface area contributed by atoms with Gasteiger partial charge < -0.3 is 21.1 Å². The van der Waals surface area contributed by atoms with Crippen LogP contribution >= 0.6 is 0 Å². The summed E-state index contributed by atoms with van der Waals surface area (Å²) in [5.41, 5.74) is 12.1. The summed E-state index contributed by atoms with van der Waals surface area (Å²) in [4.78, 5) is 24.7. The summed E-state index contributed by atoms with van der Waals surface area (Å²) in [6.45, 7) is 4.24. The number of benzene rings is 1. The number of aliphatic hydroxyl groups is 1. The number of aromatic amines is 1. The molecule has 1 aromatic carbocycles. The van der Waals surface area contributed by atoms with Gasteiger partial charge in [-0.05, 0) is 73.6 Å². The number of anilines is 1. The van der Waals surface area contributed by atoms with Crippen LogP contribution < -0.4 is 11.1 Å². The number of hydrogen-bond acceptors (Lipinski definition) is 6. The lowest BCUT2D eigenvalue weighted by molar-refractivity contribution is 0.100. The highest BCUT2D eigenvalue weighted by molar-refractivity contribution is 6.00. The molecule has 0 atom stereocenters. The predicted molar refractivity (Wildman–Crippen MR) is 148 cm³/mol. The lowest BCUT2D eigenvalue weighted by Gasteiger charge is -2.27. The first-order chi connectivity index (χ1) is 18.4. The van der Waals surface area contributed by atoms with Crippen molar-refractivity contribution in [2.24, 2.45) is 5.73 Å². The third kappa shape index (κ3) is 4.28. The molecule has 194 valence electrons. The number of carbonyl (C=O) groups excluding carboxylic acids is 1. The first-order valence-corrected chi connectivity index (χ1v) is 13.1. The number of aromatic nitrogens is 5. The summed E-state index contributed by atoms with van der Waals surface area (Å²) in [6, 6.07) is 11.8. The molecule has 0 unspecified atom stereocenters. The molecular weight excluding hydrogens is 478 g/mol. The van der Waals surface area contributed by atoms with Crippen molar-refractivity contribution >= 4 is 33.7 Å². The Labute approximate surface area is 220 Å². The largest absolute Gasteiger partial charge is 0.393 e. The number of pyridine rings is 2. The van der Waals surface area contributed by atoms with Gasteiger partial charge in [0.2, 0.25) is 0 Å². The van der Waals surface area contributed by atoms with E-state index in [-0.39, 0.29) is 18.1 Å². The van der Waals surface area contributed by atoms with Crippen molar-refractivity contribution in [3.63, 3.8) is 0 Å². The van der Waals surface area contributed by atoms with Crippen LogP contribution in [0.25, 0.3) is 38.9 Å². The van der Waals surface area contributed by atoms with Crippen LogP contribution in [0.15, 0.2) is 55.0 Å². The first kappa shape index (κ1) is 24.1. The number of aliphatic hydroxyl groups excluding tert-OH is 1. The van der Waals surface area contributed by atoms with E-state index in [1.807, 2.05) is 41.3 Å². The lowest BCUT2D eigenvalue weighted by atomic mass is 9.92. The number of nitrogens with one attached hydrogen (secondary N) is 2. The molecule has 38 heavy (non-hydrogen) atoms. The molecule has 5 N–H and O–H groups in total. The van der Waals surface area contributed by atoms with Gasteiger partial charge in [-0.3, -0.25) is 4.79 Å². The van der Waals surface area contributed by atoms with Gasteiger partial charge in [0.15, 0.2) is 5.65 Å². The van der Waals surface area contributed by atoms with Crippen molar-refractivity contribution in [1.82, 2.24) is 24.7 Å². The molecule has 0 saturated heterocycles. The number of nitrogens with two attached hydrogens (primary N) is 1. The SMILES string of the molecule is CC(C)c1nn(-c2ccc(C(N)=O)c(NC3CCC(O)CC3)c2)c2nccc(-c3cnc4[nH]ccc4c3)c12. The van der Waals surface area contributed by atoms with Crippen molar-refractivity contribution in [2.45, 2.75) is 57.6 Å². The van der Waals surface area contributed by atoms with Crippen LogP contribution in [0.5, 0.6) is 0 Å². The summed E-state index contributed by atoms with van der Waals surface area (Å²) >= 11 is 0. The molecule has 1 amide bonds. The highest BCUT2D eigenvalue weighted by atomic mass is 16.3. The number of hydrogen-bond donors (Lipinski definition) is 4. The Hall–Kier alpha value is -4.24. The standard InChI is InChI=1S/C29H31N7O2/c1-16(2)26-25-22(18-13-17-9-11-31-28(17)33-15-18)10-12-32-29(25)36(35-26)20-5-8-23(27(30)38)24(14-20)34-19-3-6-21(37)7-4-19/h5,8-16,19,21,34,37H,3-4,6-7H2,1-2H3,(H2,30,38)(H,31,33). The molecule has 0 aliphatic heterocycles. The Morgan fingerprint density at radius 3 is 2.71 bits per heavy atom. The van der Waals surface area contributed by atoms with Crippen LogP contribution in [0.2, 0.25) is 0 Å². The van der Waals surface area contributed by atoms with E-state index in [4.69, 9.17) is 15.8 Å². The molecule has 0 bridgehead atoms. The second kappa shape index (κ2) is 9.57. The Morgan fingerprint density at radius 2 is 1.95 bits per heavy atom. The third-order valence-corrected chi connectivity index (χ3v) is 7.42. The summed E-state index contributed by atoms with van der Waals surface area (Å²) in [5.74, 6) is -0.335. The number of H-pyrrole nitrogens is 1. The van der Waals surface area contributed by atoms with E-state index in [0.717, 1.165) is 70.3 Å². The van der Waals surface area contributed by atoms with Crippen LogP contribution in [0.3, 0.4) is 0 Å². The van der Waals surface area contributed by atoms with Gasteiger partial charge >= 0.3 is 0 Å². The fourth-order valence-electron chi connectivity index (χ4n) is 5.42. The number of nitrogens with zero attached hydrogens (tertiary/aromatic N) is 4. The lowest BCUT2D eigenvalue weighted by Crippen LogP contribution is -2.29. The molecule has 9 heteroatoms. The number of primary amides is 1. The number of rotatable bonds is 6. The first-order valence-electron chi connectivity index (χ1n) is 13.1. The topological polar surface area (TPSA) is 135 Å². The highest BCUT2D eigenvalue weighted by Crippen LogP contribution is 2.36. The van der Waals surface area contributed by atoms with Gasteiger partial charge in [-0.2, -0.15) is 5.10 Å². The third-order valence-electron chi connectivity index (χ3n) is 7.42. The monoisotopic (exact) mass is 509 g/mol. The zero-order chi connectivity index (χ0) is 26.4. The molecule has 1 aliphatic carbocycles. The fraction of sp³-hybridized carbons (Fsp3) is 0.310. The van der Waals surface area contributed by atoms with Gasteiger partial charge in [-0.25, -0.2) is 14.6 Å². The minimum Gasteiger partial charge on any atom is -0.393 e. The second-order valence-corrected chi connectivity index (χ2v) is 10.4. The predicted octanol–water partition coefficient (Wildman–Crippen LogP) is 4.90. The van der Waals surface area contributed by atoms with Gasteiger partial charge in [0.1, 0.15) is 5.65 Å². The van der Waals surface area contributed by atoms with Crippen molar-refractivity contribution in [3.8, 4) is 16.8 Å². The molecule has 9 nitrogen and oxygen atoms in total. The highest BCUT2D eigenvalue weighted by Gasteiger charge is 2.23. The van der Waals surface area contributed by atoms with E-state index in [1.54, 1.807) is 12.3 Å². The minimum atomic E-state index is -0.490. The quantitative estimate of drug-likeness (QED) is 0.257. The molecule has 6 rings (SSSR count). The van der Waals surface area contributed by atoms with E-state index >= 15 is 0 Å². The van der Waals surface area contributed by atoms with Crippen LogP contribution in [-0.2, 0) is 0 Å². The zero-order valence-electron chi connectivity index (χ0n) is 21.5. The molecule has 0 spiro atoms. The Balaban J connectivity index is 1.48. The second-order valence-electron chi connectivity index (χ2n) is 10.4. The zero-order valence-corrected chi connectivity index (χ0v) is 21.5. The van der Waals surface area contributed by atoms with Gasteiger partial charge in [-0.15, -0.1) is 0 Å². The molecular formula is C29H31N7O2. The van der Waals surface area contributed by atoms with Crippen LogP contribution in [0, 0.1) is 0 Å². The average Bonchev–Trinajstić information content (AvgIpc) is 3.54. The van der Waals surface area contributed by atoms with Crippen molar-refractivity contribution in [3.05, 3.63) is 66.2 Å². The van der Waals surface area contributed by atoms with Crippen molar-refractivity contribution < 1.29 is 9.90 Å². The van der Waals surface area contributed by atoms with E-state index < -0.39 is 5.91 Å². The van der Waals surface area contributed by atoms with E-state index in [2.05, 4.69) is 35.2 Å². The minimum absolute atomic E-state index is 0.154. The molecule has 1 saturated carbocycles. The molecule has 1 fully saturated rings. The molecule has 0 radical (unpaired) electrons. The maximum Gasteiger partial charge on any atom is 0.250 e. The summed E-state index contributed by atoms with van der Waals surface area (Å²) in [7, 11) is 0. The number of fused-ring (bicyclic) bond motifs is 2. The molecule has 4 heterocycles. The Morgan fingerprint density at radius 1 is 1.13 bits per heavy atom. The number of carbonyl (C=O) groups is 1. The maximum absolute atomic E-state index is 12.2. The normalized spacial score (nSPS) is 17.9. The number of amides is 1. The Bertz CT molecular complexity index is 1640. The molecule has 4 aromatic heterocycles. The fourth-order valence-corrected chi connectivity index (χ4v) is 5.42. The summed E-state index contributed by atoms with van der Waals surface area (Å²) in [6.07, 6.45) is 8.44. The van der Waals surface area contributed by atoms with Gasteiger partial charge in [0.05, 0.1) is 28.4 Å².